The summed E-state index contributed by atoms with van der Waals surface area (Å²) in [7, 11) is 1.65. The van der Waals surface area contributed by atoms with Crippen LogP contribution in [0.15, 0.2) is 33.8 Å². The molecule has 1 aliphatic heterocycles. The largest absolute Gasteiger partial charge is 0.497 e. The number of nitrogens with two attached hydrogens (primary N) is 1. The third-order valence-electron chi connectivity index (χ3n) is 4.47. The zero-order valence-corrected chi connectivity index (χ0v) is 19.3. The Morgan fingerprint density at radius 1 is 1.21 bits per heavy atom. The molecule has 7 nitrogen and oxygen atoms in total. The standard InChI is InChI=1S/C19H27N5O2S.HI/c1-25-16-8-6-15(7-9-16)18-22-17(26-23-18)5-3-2-4-10-21-19(20)24-11-13-27-14-12-24;/h6-9H,2-5,10-14H2,1H3,(H2,20,21);1H. The van der Waals surface area contributed by atoms with E-state index in [9.17, 15) is 0 Å². The number of methoxy groups -OCH3 is 1. The first kappa shape index (κ1) is 22.8. The molecule has 2 aromatic rings. The molecule has 1 fully saturated rings. The molecular weight excluding hydrogens is 489 g/mol. The number of hydrogen-bond acceptors (Lipinski definition) is 6. The first-order chi connectivity index (χ1) is 13.3. The normalized spacial score (nSPS) is 14.6. The quantitative estimate of drug-likeness (QED) is 0.248. The number of aromatic nitrogens is 2. The summed E-state index contributed by atoms with van der Waals surface area (Å²) in [5, 5.41) is 4.06. The van der Waals surface area contributed by atoms with Gasteiger partial charge >= 0.3 is 0 Å². The molecule has 154 valence electrons. The molecule has 9 heteroatoms. The zero-order chi connectivity index (χ0) is 18.9. The van der Waals surface area contributed by atoms with Gasteiger partial charge < -0.3 is 19.9 Å². The minimum absolute atomic E-state index is 0. The van der Waals surface area contributed by atoms with Crippen LogP contribution in [0.4, 0.5) is 0 Å². The van der Waals surface area contributed by atoms with Crippen LogP contribution in [0.1, 0.15) is 25.2 Å². The summed E-state index contributed by atoms with van der Waals surface area (Å²) in [5.41, 5.74) is 6.98. The van der Waals surface area contributed by atoms with Crippen molar-refractivity contribution < 1.29 is 9.26 Å². The molecular formula is C19H28IN5O2S. The highest BCUT2D eigenvalue weighted by Crippen LogP contribution is 2.20. The molecule has 1 aliphatic rings. The maximum absolute atomic E-state index is 6.06. The maximum atomic E-state index is 6.06. The van der Waals surface area contributed by atoms with Crippen LogP contribution in [0, 0.1) is 0 Å². The van der Waals surface area contributed by atoms with Crippen LogP contribution in [0.5, 0.6) is 5.75 Å². The average molecular weight is 517 g/mol. The minimum Gasteiger partial charge on any atom is -0.497 e. The van der Waals surface area contributed by atoms with Crippen molar-refractivity contribution in [3.63, 3.8) is 0 Å². The SMILES string of the molecule is COc1ccc(-c2noc(CCCCCN=C(N)N3CCSCC3)n2)cc1.I. The zero-order valence-electron chi connectivity index (χ0n) is 16.2. The van der Waals surface area contributed by atoms with E-state index in [0.29, 0.717) is 17.7 Å². The molecule has 0 amide bonds. The number of guanidine groups is 1. The highest BCUT2D eigenvalue weighted by Gasteiger charge is 2.12. The van der Waals surface area contributed by atoms with Gasteiger partial charge in [-0.05, 0) is 37.1 Å². The lowest BCUT2D eigenvalue weighted by Gasteiger charge is -2.27. The second kappa shape index (κ2) is 12.2. The van der Waals surface area contributed by atoms with Crippen molar-refractivity contribution in [2.24, 2.45) is 10.7 Å². The van der Waals surface area contributed by atoms with Crippen LogP contribution in [-0.4, -0.2) is 59.2 Å². The highest BCUT2D eigenvalue weighted by molar-refractivity contribution is 14.0. The number of hydrogen-bond donors (Lipinski definition) is 1. The van der Waals surface area contributed by atoms with Crippen molar-refractivity contribution >= 4 is 41.7 Å². The number of aryl methyl sites for hydroxylation is 1. The third kappa shape index (κ3) is 6.84. The summed E-state index contributed by atoms with van der Waals surface area (Å²) in [4.78, 5) is 11.1. The van der Waals surface area contributed by atoms with E-state index in [0.717, 1.165) is 68.1 Å². The van der Waals surface area contributed by atoms with Crippen molar-refractivity contribution in [1.82, 2.24) is 15.0 Å². The van der Waals surface area contributed by atoms with E-state index < -0.39 is 0 Å². The Hall–Kier alpha value is -1.49. The number of rotatable bonds is 8. The van der Waals surface area contributed by atoms with E-state index in [4.69, 9.17) is 15.0 Å². The third-order valence-corrected chi connectivity index (χ3v) is 5.42. The lowest BCUT2D eigenvalue weighted by Crippen LogP contribution is -2.42. The summed E-state index contributed by atoms with van der Waals surface area (Å²) >= 11 is 1.97. The minimum atomic E-state index is 0. The second-order valence-corrected chi connectivity index (χ2v) is 7.61. The maximum Gasteiger partial charge on any atom is 0.226 e. The van der Waals surface area contributed by atoms with Crippen LogP contribution < -0.4 is 10.5 Å². The smallest absolute Gasteiger partial charge is 0.226 e. The van der Waals surface area contributed by atoms with E-state index in [1.165, 1.54) is 0 Å². The van der Waals surface area contributed by atoms with Gasteiger partial charge in [0.25, 0.3) is 0 Å². The van der Waals surface area contributed by atoms with Crippen molar-refractivity contribution in [3.05, 3.63) is 30.2 Å². The van der Waals surface area contributed by atoms with Crippen LogP contribution in [0.3, 0.4) is 0 Å². The summed E-state index contributed by atoms with van der Waals surface area (Å²) in [6.07, 6.45) is 3.86. The van der Waals surface area contributed by atoms with Gasteiger partial charge in [0.05, 0.1) is 7.11 Å². The number of aliphatic imine (C=N–C) groups is 1. The van der Waals surface area contributed by atoms with Crippen LogP contribution in [0.25, 0.3) is 11.4 Å². The Kier molecular flexibility index (Phi) is 9.89. The fourth-order valence-corrected chi connectivity index (χ4v) is 3.77. The predicted octanol–water partition coefficient (Wildman–Crippen LogP) is 3.44. The Morgan fingerprint density at radius 3 is 2.68 bits per heavy atom. The Morgan fingerprint density at radius 2 is 1.96 bits per heavy atom. The van der Waals surface area contributed by atoms with Gasteiger partial charge in [-0.3, -0.25) is 4.99 Å². The summed E-state index contributed by atoms with van der Waals surface area (Å²) < 4.78 is 10.5. The molecule has 0 atom stereocenters. The van der Waals surface area contributed by atoms with Gasteiger partial charge in [-0.15, -0.1) is 24.0 Å². The van der Waals surface area contributed by atoms with Crippen LogP contribution in [0.2, 0.25) is 0 Å². The number of ether oxygens (including phenoxy) is 1. The molecule has 1 saturated heterocycles. The topological polar surface area (TPSA) is 89.8 Å². The average Bonchev–Trinajstić information content (AvgIpc) is 3.20. The number of benzene rings is 1. The van der Waals surface area contributed by atoms with Gasteiger partial charge in [0, 0.05) is 43.1 Å². The molecule has 0 aliphatic carbocycles. The molecule has 1 aromatic carbocycles. The number of nitrogens with zero attached hydrogens (tertiary/aromatic N) is 4. The van der Waals surface area contributed by atoms with Gasteiger partial charge in [-0.2, -0.15) is 16.7 Å². The summed E-state index contributed by atoms with van der Waals surface area (Å²) in [6, 6.07) is 7.63. The fourth-order valence-electron chi connectivity index (χ4n) is 2.86. The van der Waals surface area contributed by atoms with E-state index in [2.05, 4.69) is 20.0 Å². The first-order valence-electron chi connectivity index (χ1n) is 9.36. The Bertz CT molecular complexity index is 732. The predicted molar refractivity (Wildman–Crippen MR) is 125 cm³/mol. The highest BCUT2D eigenvalue weighted by atomic mass is 127. The summed E-state index contributed by atoms with van der Waals surface area (Å²) in [6.45, 7) is 2.79. The lowest BCUT2D eigenvalue weighted by molar-refractivity contribution is 0.374. The molecule has 28 heavy (non-hydrogen) atoms. The number of unbranched alkanes of at least 4 members (excludes halogenated alkanes) is 2. The van der Waals surface area contributed by atoms with Gasteiger partial charge in [-0.25, -0.2) is 0 Å². The van der Waals surface area contributed by atoms with Crippen molar-refractivity contribution in [3.8, 4) is 17.1 Å². The van der Waals surface area contributed by atoms with Gasteiger partial charge in [0.1, 0.15) is 5.75 Å². The second-order valence-electron chi connectivity index (χ2n) is 6.39. The molecule has 0 unspecified atom stereocenters. The van der Waals surface area contributed by atoms with E-state index in [1.54, 1.807) is 7.11 Å². The van der Waals surface area contributed by atoms with Crippen molar-refractivity contribution in [2.45, 2.75) is 25.7 Å². The molecule has 2 N–H and O–H groups in total. The van der Waals surface area contributed by atoms with Gasteiger partial charge in [-0.1, -0.05) is 11.6 Å². The van der Waals surface area contributed by atoms with E-state index in [1.807, 2.05) is 36.0 Å². The van der Waals surface area contributed by atoms with E-state index >= 15 is 0 Å². The van der Waals surface area contributed by atoms with Crippen molar-refractivity contribution in [1.29, 1.82) is 0 Å². The first-order valence-corrected chi connectivity index (χ1v) is 10.5. The fraction of sp³-hybridized carbons (Fsp3) is 0.526. The molecule has 0 radical (unpaired) electrons. The molecule has 0 saturated carbocycles. The monoisotopic (exact) mass is 517 g/mol. The lowest BCUT2D eigenvalue weighted by atomic mass is 10.2. The number of thioether (sulfide) groups is 1. The van der Waals surface area contributed by atoms with Gasteiger partial charge in [0.2, 0.25) is 11.7 Å². The Labute approximate surface area is 187 Å². The van der Waals surface area contributed by atoms with Crippen LogP contribution in [-0.2, 0) is 6.42 Å². The molecule has 3 rings (SSSR count). The van der Waals surface area contributed by atoms with Crippen molar-refractivity contribution in [2.75, 3.05) is 38.2 Å². The Balaban J connectivity index is 0.00000280. The molecule has 0 bridgehead atoms. The summed E-state index contributed by atoms with van der Waals surface area (Å²) in [5.74, 6) is 5.07. The van der Waals surface area contributed by atoms with Gasteiger partial charge in [0.15, 0.2) is 5.96 Å². The molecule has 0 spiro atoms. The number of halogens is 1. The molecule has 1 aromatic heterocycles. The van der Waals surface area contributed by atoms with Crippen LogP contribution >= 0.6 is 35.7 Å². The molecule has 2 heterocycles. The van der Waals surface area contributed by atoms with E-state index in [-0.39, 0.29) is 24.0 Å².